The molecule has 2 rings (SSSR count). The minimum Gasteiger partial charge on any atom is -0.350 e. The zero-order chi connectivity index (χ0) is 10.7. The summed E-state index contributed by atoms with van der Waals surface area (Å²) in [6.07, 6.45) is 11.7. The molecule has 0 aromatic carbocycles. The average Bonchev–Trinajstić information content (AvgIpc) is 2.24. The lowest BCUT2D eigenvalue weighted by Crippen LogP contribution is -2.31. The van der Waals surface area contributed by atoms with Crippen molar-refractivity contribution in [2.24, 2.45) is 0 Å². The number of hydrogen-bond donors (Lipinski definition) is 0. The van der Waals surface area contributed by atoms with Crippen LogP contribution in [0, 0.1) is 0 Å². The molecule has 0 spiro atoms. The predicted molar refractivity (Wildman–Crippen MR) is 55.2 cm³/mol. The Hall–Kier alpha value is -1.74. The molecular formula is C12H10O3. The highest BCUT2D eigenvalue weighted by Gasteiger charge is 2.23. The van der Waals surface area contributed by atoms with E-state index in [1.54, 1.807) is 36.5 Å². The summed E-state index contributed by atoms with van der Waals surface area (Å²) >= 11 is 0. The van der Waals surface area contributed by atoms with Gasteiger partial charge in [0.05, 0.1) is 0 Å². The molecule has 3 nitrogen and oxygen atoms in total. The molecule has 2 unspecified atom stereocenters. The summed E-state index contributed by atoms with van der Waals surface area (Å²) in [6.45, 7) is 0. The number of allylic oxidation sites excluding steroid dienone is 4. The van der Waals surface area contributed by atoms with Gasteiger partial charge in [0, 0.05) is 0 Å². The topological polar surface area (TPSA) is 43.4 Å². The number of ketones is 2. The van der Waals surface area contributed by atoms with E-state index < -0.39 is 12.2 Å². The molecule has 0 radical (unpaired) electrons. The van der Waals surface area contributed by atoms with Gasteiger partial charge in [-0.05, 0) is 24.3 Å². The van der Waals surface area contributed by atoms with Gasteiger partial charge in [-0.25, -0.2) is 0 Å². The lowest BCUT2D eigenvalue weighted by molar-refractivity contribution is -0.132. The second-order valence-electron chi connectivity index (χ2n) is 3.27. The molecule has 2 aliphatic rings. The molecule has 15 heavy (non-hydrogen) atoms. The molecule has 2 aliphatic carbocycles. The van der Waals surface area contributed by atoms with Crippen LogP contribution >= 0.6 is 0 Å². The Labute approximate surface area is 87.4 Å². The summed E-state index contributed by atoms with van der Waals surface area (Å²) < 4.78 is 5.38. The van der Waals surface area contributed by atoms with E-state index >= 15 is 0 Å². The Bertz CT molecular complexity index is 361. The maximum Gasteiger partial charge on any atom is 0.188 e. The zero-order valence-electron chi connectivity index (χ0n) is 8.00. The van der Waals surface area contributed by atoms with Crippen LogP contribution in [0.4, 0.5) is 0 Å². The molecule has 0 bridgehead atoms. The smallest absolute Gasteiger partial charge is 0.188 e. The third-order valence-corrected chi connectivity index (χ3v) is 2.17. The standard InChI is InChI=1S/C12H10O3/c13-9-5-1-3-7-11(9)15-12-8-4-2-6-10(12)14/h1-8,11-12H. The van der Waals surface area contributed by atoms with Crippen molar-refractivity contribution in [2.75, 3.05) is 0 Å². The van der Waals surface area contributed by atoms with E-state index in [9.17, 15) is 9.59 Å². The third kappa shape index (κ3) is 2.19. The van der Waals surface area contributed by atoms with E-state index in [0.29, 0.717) is 0 Å². The molecule has 76 valence electrons. The molecule has 0 N–H and O–H groups in total. The van der Waals surface area contributed by atoms with Gasteiger partial charge >= 0.3 is 0 Å². The third-order valence-electron chi connectivity index (χ3n) is 2.17. The van der Waals surface area contributed by atoms with Gasteiger partial charge in [-0.1, -0.05) is 24.3 Å². The molecule has 2 atom stereocenters. The molecule has 3 heteroatoms. The maximum atomic E-state index is 11.4. The van der Waals surface area contributed by atoms with Gasteiger partial charge in [0.1, 0.15) is 12.2 Å². The summed E-state index contributed by atoms with van der Waals surface area (Å²) in [6, 6.07) is 0. The monoisotopic (exact) mass is 202 g/mol. The lowest BCUT2D eigenvalue weighted by atomic mass is 10.1. The first-order valence-corrected chi connectivity index (χ1v) is 4.70. The molecule has 0 amide bonds. The van der Waals surface area contributed by atoms with Crippen LogP contribution in [0.1, 0.15) is 0 Å². The van der Waals surface area contributed by atoms with E-state index in [1.807, 2.05) is 0 Å². The van der Waals surface area contributed by atoms with E-state index in [2.05, 4.69) is 0 Å². The van der Waals surface area contributed by atoms with Crippen molar-refractivity contribution in [3.8, 4) is 0 Å². The maximum absolute atomic E-state index is 11.4. The Balaban J connectivity index is 2.03. The second kappa shape index (κ2) is 4.19. The average molecular weight is 202 g/mol. The summed E-state index contributed by atoms with van der Waals surface area (Å²) in [5, 5.41) is 0. The molecule has 0 aromatic heterocycles. The van der Waals surface area contributed by atoms with E-state index in [4.69, 9.17) is 4.74 Å². The van der Waals surface area contributed by atoms with Crippen LogP contribution in [-0.2, 0) is 14.3 Å². The van der Waals surface area contributed by atoms with Crippen molar-refractivity contribution in [3.05, 3.63) is 48.6 Å². The molecule has 0 aromatic rings. The van der Waals surface area contributed by atoms with Crippen LogP contribution in [0.25, 0.3) is 0 Å². The Morgan fingerprint density at radius 2 is 1.27 bits per heavy atom. The SMILES string of the molecule is O=C1C=CC=CC1OC1C=CC=CC1=O. The first kappa shape index (κ1) is 9.80. The number of hydrogen-bond acceptors (Lipinski definition) is 3. The number of rotatable bonds is 2. The fraction of sp³-hybridized carbons (Fsp3) is 0.167. The van der Waals surface area contributed by atoms with Gasteiger partial charge in [0.15, 0.2) is 11.6 Å². The molecule has 0 saturated heterocycles. The fourth-order valence-electron chi connectivity index (χ4n) is 1.39. The fourth-order valence-corrected chi connectivity index (χ4v) is 1.39. The van der Waals surface area contributed by atoms with Gasteiger partial charge in [-0.3, -0.25) is 9.59 Å². The van der Waals surface area contributed by atoms with Gasteiger partial charge in [0.2, 0.25) is 0 Å². The van der Waals surface area contributed by atoms with E-state index in [0.717, 1.165) is 0 Å². The quantitative estimate of drug-likeness (QED) is 0.674. The number of ether oxygens (including phenoxy) is 1. The molecule has 0 heterocycles. The molecule has 0 fully saturated rings. The largest absolute Gasteiger partial charge is 0.350 e. The Morgan fingerprint density at radius 1 is 0.800 bits per heavy atom. The van der Waals surface area contributed by atoms with Gasteiger partial charge in [0.25, 0.3) is 0 Å². The van der Waals surface area contributed by atoms with Crippen LogP contribution in [-0.4, -0.2) is 23.8 Å². The second-order valence-corrected chi connectivity index (χ2v) is 3.27. The number of carbonyl (C=O) groups is 2. The highest BCUT2D eigenvalue weighted by atomic mass is 16.5. The van der Waals surface area contributed by atoms with Crippen molar-refractivity contribution in [1.82, 2.24) is 0 Å². The lowest BCUT2D eigenvalue weighted by Gasteiger charge is -2.19. The summed E-state index contributed by atoms with van der Waals surface area (Å²) in [4.78, 5) is 22.7. The van der Waals surface area contributed by atoms with Gasteiger partial charge < -0.3 is 4.74 Å². The molecule has 0 aliphatic heterocycles. The predicted octanol–water partition coefficient (Wildman–Crippen LogP) is 1.13. The van der Waals surface area contributed by atoms with Crippen molar-refractivity contribution >= 4 is 11.6 Å². The zero-order valence-corrected chi connectivity index (χ0v) is 8.00. The Morgan fingerprint density at radius 3 is 1.67 bits per heavy atom. The normalized spacial score (nSPS) is 28.8. The molecule has 0 saturated carbocycles. The minimum absolute atomic E-state index is 0.131. The first-order valence-electron chi connectivity index (χ1n) is 4.70. The van der Waals surface area contributed by atoms with Crippen LogP contribution in [0.15, 0.2) is 48.6 Å². The first-order chi connectivity index (χ1) is 7.27. The molecular weight excluding hydrogens is 192 g/mol. The summed E-state index contributed by atoms with van der Waals surface area (Å²) in [7, 11) is 0. The van der Waals surface area contributed by atoms with Crippen molar-refractivity contribution in [2.45, 2.75) is 12.2 Å². The van der Waals surface area contributed by atoms with Crippen LogP contribution in [0.2, 0.25) is 0 Å². The highest BCUT2D eigenvalue weighted by Crippen LogP contribution is 2.11. The van der Waals surface area contributed by atoms with Crippen LogP contribution in [0.3, 0.4) is 0 Å². The van der Waals surface area contributed by atoms with Gasteiger partial charge in [-0.2, -0.15) is 0 Å². The van der Waals surface area contributed by atoms with Crippen LogP contribution in [0.5, 0.6) is 0 Å². The van der Waals surface area contributed by atoms with Crippen molar-refractivity contribution in [3.63, 3.8) is 0 Å². The minimum atomic E-state index is -0.639. The van der Waals surface area contributed by atoms with E-state index in [-0.39, 0.29) is 11.6 Å². The Kier molecular flexibility index (Phi) is 2.74. The summed E-state index contributed by atoms with van der Waals surface area (Å²) in [5.41, 5.74) is 0. The van der Waals surface area contributed by atoms with E-state index in [1.165, 1.54) is 12.2 Å². The van der Waals surface area contributed by atoms with Crippen molar-refractivity contribution in [1.29, 1.82) is 0 Å². The van der Waals surface area contributed by atoms with Crippen LogP contribution < -0.4 is 0 Å². The number of carbonyl (C=O) groups excluding carboxylic acids is 2. The summed E-state index contributed by atoms with van der Waals surface area (Å²) in [5.74, 6) is -0.262. The van der Waals surface area contributed by atoms with Crippen molar-refractivity contribution < 1.29 is 14.3 Å². The highest BCUT2D eigenvalue weighted by molar-refractivity contribution is 5.98. The van der Waals surface area contributed by atoms with Gasteiger partial charge in [-0.15, -0.1) is 0 Å².